The molecule has 2 N–H and O–H groups in total. The van der Waals surface area contributed by atoms with E-state index in [9.17, 15) is 0 Å². The van der Waals surface area contributed by atoms with Gasteiger partial charge in [-0.1, -0.05) is 19.8 Å². The molecule has 1 aromatic rings. The van der Waals surface area contributed by atoms with E-state index in [0.717, 1.165) is 13.0 Å². The van der Waals surface area contributed by atoms with Gasteiger partial charge in [-0.2, -0.15) is 5.26 Å². The molecule has 0 aliphatic rings. The Kier molecular flexibility index (Phi) is 4.59. The van der Waals surface area contributed by atoms with Crippen LogP contribution >= 0.6 is 0 Å². The molecular formula is C12H18N4. The minimum absolute atomic E-state index is 0.476. The van der Waals surface area contributed by atoms with Crippen LogP contribution in [0.15, 0.2) is 12.3 Å². The fourth-order valence-electron chi connectivity index (χ4n) is 1.57. The van der Waals surface area contributed by atoms with Crippen molar-refractivity contribution < 1.29 is 0 Å². The van der Waals surface area contributed by atoms with E-state index in [1.165, 1.54) is 12.8 Å². The maximum Gasteiger partial charge on any atom is 0.152 e. The zero-order valence-electron chi connectivity index (χ0n) is 9.90. The highest BCUT2D eigenvalue weighted by atomic mass is 15.2. The molecule has 0 unspecified atom stereocenters. The maximum atomic E-state index is 8.86. The van der Waals surface area contributed by atoms with Gasteiger partial charge in [-0.05, 0) is 12.5 Å². The predicted octanol–water partition coefficient (Wildman–Crippen LogP) is 2.16. The van der Waals surface area contributed by atoms with Crippen molar-refractivity contribution in [2.45, 2.75) is 26.2 Å². The van der Waals surface area contributed by atoms with Crippen molar-refractivity contribution in [2.75, 3.05) is 24.2 Å². The lowest BCUT2D eigenvalue weighted by molar-refractivity contribution is 0.702. The minimum atomic E-state index is 0.476. The fourth-order valence-corrected chi connectivity index (χ4v) is 1.57. The molecule has 1 aromatic heterocycles. The van der Waals surface area contributed by atoms with E-state index >= 15 is 0 Å². The Labute approximate surface area is 96.7 Å². The number of unbranched alkanes of at least 4 members (excludes halogenated alkanes) is 2. The summed E-state index contributed by atoms with van der Waals surface area (Å²) in [5, 5.41) is 8.86. The zero-order valence-corrected chi connectivity index (χ0v) is 9.90. The van der Waals surface area contributed by atoms with Crippen molar-refractivity contribution >= 4 is 11.5 Å². The molecule has 0 saturated heterocycles. The second kappa shape index (κ2) is 5.96. The van der Waals surface area contributed by atoms with E-state index in [0.29, 0.717) is 17.1 Å². The van der Waals surface area contributed by atoms with Crippen molar-refractivity contribution in [1.82, 2.24) is 4.98 Å². The number of rotatable bonds is 5. The molecule has 0 aromatic carbocycles. The van der Waals surface area contributed by atoms with Crippen LogP contribution in [0.3, 0.4) is 0 Å². The van der Waals surface area contributed by atoms with Crippen LogP contribution in [0, 0.1) is 11.3 Å². The summed E-state index contributed by atoms with van der Waals surface area (Å²) in [5.74, 6) is 0.704. The average Bonchev–Trinajstić information content (AvgIpc) is 2.29. The van der Waals surface area contributed by atoms with Crippen molar-refractivity contribution in [3.8, 4) is 6.07 Å². The van der Waals surface area contributed by atoms with Crippen LogP contribution < -0.4 is 10.6 Å². The molecular weight excluding hydrogens is 200 g/mol. The number of nitrogen functional groups attached to an aromatic ring is 1. The van der Waals surface area contributed by atoms with Crippen LogP contribution in [0.25, 0.3) is 0 Å². The summed E-state index contributed by atoms with van der Waals surface area (Å²) in [7, 11) is 1.95. The Hall–Kier alpha value is -1.76. The monoisotopic (exact) mass is 218 g/mol. The summed E-state index contributed by atoms with van der Waals surface area (Å²) >= 11 is 0. The molecule has 0 aliphatic carbocycles. The summed E-state index contributed by atoms with van der Waals surface area (Å²) in [6.07, 6.45) is 5.13. The molecule has 4 heteroatoms. The molecule has 1 heterocycles. The fraction of sp³-hybridized carbons (Fsp3) is 0.500. The summed E-state index contributed by atoms with van der Waals surface area (Å²) in [6, 6.07) is 3.70. The van der Waals surface area contributed by atoms with Crippen LogP contribution in [-0.4, -0.2) is 18.6 Å². The first kappa shape index (κ1) is 12.3. The molecule has 0 amide bonds. The lowest BCUT2D eigenvalue weighted by Crippen LogP contribution is -2.21. The summed E-state index contributed by atoms with van der Waals surface area (Å²) in [5.41, 5.74) is 6.84. The van der Waals surface area contributed by atoms with Gasteiger partial charge >= 0.3 is 0 Å². The third-order valence-corrected chi connectivity index (χ3v) is 2.55. The maximum absolute atomic E-state index is 8.86. The molecule has 0 aliphatic heterocycles. The van der Waals surface area contributed by atoms with Gasteiger partial charge in [-0.15, -0.1) is 0 Å². The summed E-state index contributed by atoms with van der Waals surface area (Å²) < 4.78 is 0. The van der Waals surface area contributed by atoms with E-state index in [2.05, 4.69) is 18.0 Å². The van der Waals surface area contributed by atoms with Crippen LogP contribution in [-0.2, 0) is 0 Å². The highest BCUT2D eigenvalue weighted by Crippen LogP contribution is 2.22. The van der Waals surface area contributed by atoms with Crippen LogP contribution in [0.4, 0.5) is 11.5 Å². The van der Waals surface area contributed by atoms with Crippen LogP contribution in [0.5, 0.6) is 0 Å². The second-order valence-electron chi connectivity index (χ2n) is 3.84. The van der Waals surface area contributed by atoms with Crippen molar-refractivity contribution in [3.05, 3.63) is 17.8 Å². The van der Waals surface area contributed by atoms with E-state index in [1.807, 2.05) is 11.9 Å². The van der Waals surface area contributed by atoms with Gasteiger partial charge in [0.05, 0.1) is 11.3 Å². The Morgan fingerprint density at radius 3 is 2.88 bits per heavy atom. The molecule has 0 spiro atoms. The molecule has 16 heavy (non-hydrogen) atoms. The number of nitrogens with two attached hydrogens (primary N) is 1. The number of anilines is 2. The van der Waals surface area contributed by atoms with Crippen LogP contribution in [0.1, 0.15) is 31.7 Å². The Morgan fingerprint density at radius 2 is 2.25 bits per heavy atom. The molecule has 0 bridgehead atoms. The van der Waals surface area contributed by atoms with E-state index in [1.54, 1.807) is 12.3 Å². The first-order valence-electron chi connectivity index (χ1n) is 5.56. The molecule has 4 nitrogen and oxygen atoms in total. The van der Waals surface area contributed by atoms with Crippen molar-refractivity contribution in [1.29, 1.82) is 5.26 Å². The van der Waals surface area contributed by atoms with Gasteiger partial charge in [-0.3, -0.25) is 0 Å². The third-order valence-electron chi connectivity index (χ3n) is 2.55. The highest BCUT2D eigenvalue weighted by Gasteiger charge is 2.09. The number of nitriles is 1. The first-order valence-corrected chi connectivity index (χ1v) is 5.56. The van der Waals surface area contributed by atoms with Gasteiger partial charge in [0.1, 0.15) is 6.07 Å². The topological polar surface area (TPSA) is 65.9 Å². The molecule has 0 saturated carbocycles. The molecule has 86 valence electrons. The lowest BCUT2D eigenvalue weighted by atomic mass is 10.2. The second-order valence-corrected chi connectivity index (χ2v) is 3.84. The van der Waals surface area contributed by atoms with Crippen molar-refractivity contribution in [2.24, 2.45) is 0 Å². The molecule has 0 atom stereocenters. The number of pyridine rings is 1. The largest absolute Gasteiger partial charge is 0.395 e. The van der Waals surface area contributed by atoms with Gasteiger partial charge in [0.2, 0.25) is 0 Å². The van der Waals surface area contributed by atoms with Gasteiger partial charge in [-0.25, -0.2) is 4.98 Å². The van der Waals surface area contributed by atoms with E-state index < -0.39 is 0 Å². The van der Waals surface area contributed by atoms with Gasteiger partial charge < -0.3 is 10.6 Å². The predicted molar refractivity (Wildman–Crippen MR) is 66.2 cm³/mol. The van der Waals surface area contributed by atoms with Crippen LogP contribution in [0.2, 0.25) is 0 Å². The van der Waals surface area contributed by atoms with Gasteiger partial charge in [0, 0.05) is 19.8 Å². The Morgan fingerprint density at radius 1 is 1.50 bits per heavy atom. The number of aromatic nitrogens is 1. The highest BCUT2D eigenvalue weighted by molar-refractivity contribution is 5.69. The van der Waals surface area contributed by atoms with E-state index in [-0.39, 0.29) is 0 Å². The van der Waals surface area contributed by atoms with Gasteiger partial charge in [0.25, 0.3) is 0 Å². The minimum Gasteiger partial charge on any atom is -0.395 e. The molecule has 0 radical (unpaired) electrons. The Balaban J connectivity index is 2.76. The van der Waals surface area contributed by atoms with Gasteiger partial charge in [0.15, 0.2) is 5.82 Å². The number of hydrogen-bond donors (Lipinski definition) is 1. The summed E-state index contributed by atoms with van der Waals surface area (Å²) in [6.45, 7) is 3.09. The molecule has 1 rings (SSSR count). The van der Waals surface area contributed by atoms with E-state index in [4.69, 9.17) is 11.0 Å². The normalized spacial score (nSPS) is 9.81. The first-order chi connectivity index (χ1) is 7.70. The Bertz CT molecular complexity index is 381. The SMILES string of the molecule is CCCCCN(C)c1nccc(C#N)c1N. The lowest BCUT2D eigenvalue weighted by Gasteiger charge is -2.19. The zero-order chi connectivity index (χ0) is 12.0. The number of nitrogens with zero attached hydrogens (tertiary/aromatic N) is 3. The quantitative estimate of drug-likeness (QED) is 0.769. The average molecular weight is 218 g/mol. The third kappa shape index (κ3) is 2.86. The van der Waals surface area contributed by atoms with Crippen molar-refractivity contribution in [3.63, 3.8) is 0 Å². The smallest absolute Gasteiger partial charge is 0.152 e. The number of hydrogen-bond acceptors (Lipinski definition) is 4. The standard InChI is InChI=1S/C12H18N4/c1-3-4-5-8-16(2)12-11(14)10(9-13)6-7-15-12/h6-7H,3-5,8,14H2,1-2H3. The summed E-state index contributed by atoms with van der Waals surface area (Å²) in [4.78, 5) is 6.22. The molecule has 0 fully saturated rings.